The van der Waals surface area contributed by atoms with Gasteiger partial charge >= 0.3 is 0 Å². The zero-order chi connectivity index (χ0) is 12.0. The molecule has 0 aromatic heterocycles. The predicted molar refractivity (Wildman–Crippen MR) is 60.7 cm³/mol. The van der Waals surface area contributed by atoms with Crippen LogP contribution in [0.5, 0.6) is 0 Å². The first kappa shape index (κ1) is 13.0. The third kappa shape index (κ3) is 4.18. The molecule has 0 saturated heterocycles. The molecule has 0 bridgehead atoms. The van der Waals surface area contributed by atoms with Gasteiger partial charge in [-0.25, -0.2) is 0 Å². The van der Waals surface area contributed by atoms with E-state index >= 15 is 0 Å². The second-order valence-corrected chi connectivity index (χ2v) is 4.73. The Morgan fingerprint density at radius 3 is 2.81 bits per heavy atom. The normalized spacial score (nSPS) is 11.4. The molecule has 2 N–H and O–H groups in total. The molecular formula is C10H15NO4S. The first-order valence-corrected chi connectivity index (χ1v) is 6.43. The standard InChI is InChI=1S/C10H15NO4S/c1-2-3-7-15-11-9-5-4-6-10(8-9)16(12,13)14/h4-6,8,11H,2-3,7H2,1H3,(H,12,13,14). The van der Waals surface area contributed by atoms with Gasteiger partial charge in [0.1, 0.15) is 0 Å². The first-order valence-electron chi connectivity index (χ1n) is 4.99. The first-order chi connectivity index (χ1) is 7.54. The Morgan fingerprint density at radius 2 is 2.19 bits per heavy atom. The van der Waals surface area contributed by atoms with Gasteiger partial charge < -0.3 is 0 Å². The summed E-state index contributed by atoms with van der Waals surface area (Å²) in [7, 11) is -4.16. The molecule has 1 aromatic rings. The van der Waals surface area contributed by atoms with Gasteiger partial charge in [0.25, 0.3) is 10.1 Å². The van der Waals surface area contributed by atoms with E-state index in [0.29, 0.717) is 12.3 Å². The minimum Gasteiger partial charge on any atom is -0.282 e. The molecule has 0 saturated carbocycles. The lowest BCUT2D eigenvalue weighted by atomic mass is 10.3. The molecule has 6 heteroatoms. The highest BCUT2D eigenvalue weighted by Gasteiger charge is 2.09. The number of unbranched alkanes of at least 4 members (excludes halogenated alkanes) is 1. The number of hydrogen-bond acceptors (Lipinski definition) is 4. The van der Waals surface area contributed by atoms with Crippen molar-refractivity contribution >= 4 is 15.8 Å². The topological polar surface area (TPSA) is 75.6 Å². The Labute approximate surface area is 95.1 Å². The summed E-state index contributed by atoms with van der Waals surface area (Å²) in [4.78, 5) is 4.95. The van der Waals surface area contributed by atoms with Crippen LogP contribution in [-0.2, 0) is 15.0 Å². The van der Waals surface area contributed by atoms with Gasteiger partial charge in [-0.1, -0.05) is 19.4 Å². The Balaban J connectivity index is 2.62. The summed E-state index contributed by atoms with van der Waals surface area (Å²) in [5, 5.41) is 0. The van der Waals surface area contributed by atoms with E-state index in [0.717, 1.165) is 12.8 Å². The molecule has 1 rings (SSSR count). The highest BCUT2D eigenvalue weighted by atomic mass is 32.2. The molecule has 90 valence electrons. The third-order valence-corrected chi connectivity index (χ3v) is 2.77. The average molecular weight is 245 g/mol. The van der Waals surface area contributed by atoms with Gasteiger partial charge in [0.05, 0.1) is 17.2 Å². The Morgan fingerprint density at radius 1 is 1.44 bits per heavy atom. The molecule has 0 aliphatic carbocycles. The van der Waals surface area contributed by atoms with Crippen LogP contribution >= 0.6 is 0 Å². The van der Waals surface area contributed by atoms with Crippen LogP contribution < -0.4 is 5.48 Å². The number of nitrogens with one attached hydrogen (secondary N) is 1. The van der Waals surface area contributed by atoms with Crippen molar-refractivity contribution in [2.75, 3.05) is 12.1 Å². The highest BCUT2D eigenvalue weighted by molar-refractivity contribution is 7.85. The number of anilines is 1. The van der Waals surface area contributed by atoms with Crippen LogP contribution in [0.3, 0.4) is 0 Å². The predicted octanol–water partition coefficient (Wildman–Crippen LogP) is 2.08. The van der Waals surface area contributed by atoms with E-state index in [9.17, 15) is 8.42 Å². The van der Waals surface area contributed by atoms with Crippen molar-refractivity contribution in [2.45, 2.75) is 24.7 Å². The van der Waals surface area contributed by atoms with E-state index in [-0.39, 0.29) is 4.90 Å². The summed E-state index contributed by atoms with van der Waals surface area (Å²) in [6, 6.07) is 5.79. The minimum atomic E-state index is -4.16. The minimum absolute atomic E-state index is 0.156. The van der Waals surface area contributed by atoms with Crippen LogP contribution in [0.1, 0.15) is 19.8 Å². The lowest BCUT2D eigenvalue weighted by Gasteiger charge is -2.07. The van der Waals surface area contributed by atoms with Crippen molar-refractivity contribution in [3.05, 3.63) is 24.3 Å². The van der Waals surface area contributed by atoms with Crippen molar-refractivity contribution in [1.82, 2.24) is 0 Å². The van der Waals surface area contributed by atoms with E-state index < -0.39 is 10.1 Å². The Hall–Kier alpha value is -1.11. The summed E-state index contributed by atoms with van der Waals surface area (Å²) in [5.41, 5.74) is 3.11. The Kier molecular flexibility index (Phi) is 4.72. The molecule has 0 atom stereocenters. The molecule has 16 heavy (non-hydrogen) atoms. The van der Waals surface area contributed by atoms with Crippen molar-refractivity contribution in [3.63, 3.8) is 0 Å². The van der Waals surface area contributed by atoms with E-state index in [1.54, 1.807) is 6.07 Å². The number of hydrogen-bond donors (Lipinski definition) is 2. The van der Waals surface area contributed by atoms with Crippen molar-refractivity contribution in [1.29, 1.82) is 0 Å². The summed E-state index contributed by atoms with van der Waals surface area (Å²) < 4.78 is 30.5. The van der Waals surface area contributed by atoms with Crippen LogP contribution in [-0.4, -0.2) is 19.6 Å². The Bertz CT molecular complexity index is 430. The maximum Gasteiger partial charge on any atom is 0.294 e. The lowest BCUT2D eigenvalue weighted by Crippen LogP contribution is -2.04. The molecule has 0 fully saturated rings. The van der Waals surface area contributed by atoms with E-state index in [2.05, 4.69) is 5.48 Å². The molecule has 0 aliphatic heterocycles. The van der Waals surface area contributed by atoms with Crippen LogP contribution in [0.2, 0.25) is 0 Å². The zero-order valence-corrected chi connectivity index (χ0v) is 9.83. The third-order valence-electron chi connectivity index (χ3n) is 1.92. The van der Waals surface area contributed by atoms with Gasteiger partial charge in [-0.2, -0.15) is 8.42 Å². The van der Waals surface area contributed by atoms with Gasteiger partial charge in [0.2, 0.25) is 0 Å². The lowest BCUT2D eigenvalue weighted by molar-refractivity contribution is 0.189. The smallest absolute Gasteiger partial charge is 0.282 e. The molecule has 0 spiro atoms. The largest absolute Gasteiger partial charge is 0.294 e. The van der Waals surface area contributed by atoms with Gasteiger partial charge in [-0.3, -0.25) is 14.9 Å². The van der Waals surface area contributed by atoms with Gasteiger partial charge in [-0.15, -0.1) is 0 Å². The van der Waals surface area contributed by atoms with Gasteiger partial charge in [0.15, 0.2) is 0 Å². The van der Waals surface area contributed by atoms with Crippen molar-refractivity contribution in [2.24, 2.45) is 0 Å². The monoisotopic (exact) mass is 245 g/mol. The van der Waals surface area contributed by atoms with Crippen LogP contribution in [0.15, 0.2) is 29.2 Å². The average Bonchev–Trinajstić information content (AvgIpc) is 2.24. The van der Waals surface area contributed by atoms with E-state index in [1.165, 1.54) is 18.2 Å². The van der Waals surface area contributed by atoms with Crippen LogP contribution in [0.25, 0.3) is 0 Å². The SMILES string of the molecule is CCCCONc1cccc(S(=O)(=O)O)c1. The second kappa shape index (κ2) is 5.83. The fraction of sp³-hybridized carbons (Fsp3) is 0.400. The maximum atomic E-state index is 10.8. The number of rotatable bonds is 6. The quantitative estimate of drug-likeness (QED) is 0.456. The second-order valence-electron chi connectivity index (χ2n) is 3.31. The molecule has 0 amide bonds. The molecule has 1 aromatic carbocycles. The van der Waals surface area contributed by atoms with Crippen LogP contribution in [0.4, 0.5) is 5.69 Å². The summed E-state index contributed by atoms with van der Waals surface area (Å²) in [6.45, 7) is 2.59. The maximum absolute atomic E-state index is 10.8. The summed E-state index contributed by atoms with van der Waals surface area (Å²) in [5.74, 6) is 0. The highest BCUT2D eigenvalue weighted by Crippen LogP contribution is 2.14. The molecule has 0 aliphatic rings. The fourth-order valence-electron chi connectivity index (χ4n) is 1.07. The van der Waals surface area contributed by atoms with E-state index in [1.807, 2.05) is 6.92 Å². The zero-order valence-electron chi connectivity index (χ0n) is 9.01. The molecule has 0 radical (unpaired) electrons. The van der Waals surface area contributed by atoms with Gasteiger partial charge in [0, 0.05) is 0 Å². The number of benzene rings is 1. The van der Waals surface area contributed by atoms with Crippen molar-refractivity contribution < 1.29 is 17.8 Å². The molecular weight excluding hydrogens is 230 g/mol. The molecule has 0 unspecified atom stereocenters. The summed E-state index contributed by atoms with van der Waals surface area (Å²) in [6.07, 6.45) is 1.94. The van der Waals surface area contributed by atoms with E-state index in [4.69, 9.17) is 9.39 Å². The van der Waals surface area contributed by atoms with Crippen molar-refractivity contribution in [3.8, 4) is 0 Å². The summed E-state index contributed by atoms with van der Waals surface area (Å²) >= 11 is 0. The van der Waals surface area contributed by atoms with Gasteiger partial charge in [-0.05, 0) is 24.6 Å². The van der Waals surface area contributed by atoms with Crippen LogP contribution in [0, 0.1) is 0 Å². The molecule has 0 heterocycles. The molecule has 5 nitrogen and oxygen atoms in total. The fourth-order valence-corrected chi connectivity index (χ4v) is 1.60.